The van der Waals surface area contributed by atoms with Gasteiger partial charge in [0.1, 0.15) is 5.82 Å². The summed E-state index contributed by atoms with van der Waals surface area (Å²) in [6.07, 6.45) is 1.51. The second-order valence-corrected chi connectivity index (χ2v) is 10.5. The van der Waals surface area contributed by atoms with Crippen LogP contribution in [0.2, 0.25) is 10.0 Å². The Balaban J connectivity index is 1.49. The van der Waals surface area contributed by atoms with Crippen LogP contribution >= 0.6 is 50.9 Å². The van der Waals surface area contributed by atoms with Crippen LogP contribution in [0, 0.1) is 5.82 Å². The molecule has 0 atom stereocenters. The maximum atomic E-state index is 14.2. The SMILES string of the molecule is COc1cc(/C=C2\SC(=O)N(Cc3c(F)cccc3Cl)C2=O)cc(Br)c1OCC(=O)Nc1ccccc1Cl. The molecule has 0 spiro atoms. The van der Waals surface area contributed by atoms with Crippen molar-refractivity contribution < 1.29 is 28.2 Å². The molecule has 0 aliphatic carbocycles. The van der Waals surface area contributed by atoms with Gasteiger partial charge in [0.05, 0.1) is 33.7 Å². The minimum absolute atomic E-state index is 0.0576. The molecule has 3 amide bonds. The van der Waals surface area contributed by atoms with Crippen LogP contribution in [-0.2, 0) is 16.1 Å². The Morgan fingerprint density at radius 3 is 2.58 bits per heavy atom. The van der Waals surface area contributed by atoms with E-state index in [1.54, 1.807) is 36.4 Å². The number of carbonyl (C=O) groups excluding carboxylic acids is 3. The van der Waals surface area contributed by atoms with Crippen LogP contribution < -0.4 is 14.8 Å². The number of ether oxygens (including phenoxy) is 2. The van der Waals surface area contributed by atoms with Crippen molar-refractivity contribution in [3.63, 3.8) is 0 Å². The Kier molecular flexibility index (Phi) is 8.99. The van der Waals surface area contributed by atoms with Gasteiger partial charge in [0.15, 0.2) is 18.1 Å². The number of nitrogens with one attached hydrogen (secondary N) is 1. The fourth-order valence-corrected chi connectivity index (χ4v) is 5.30. The van der Waals surface area contributed by atoms with Gasteiger partial charge in [-0.05, 0) is 75.7 Å². The molecule has 7 nitrogen and oxygen atoms in total. The van der Waals surface area contributed by atoms with Crippen molar-refractivity contribution in [1.82, 2.24) is 4.90 Å². The number of amides is 3. The zero-order valence-corrected chi connectivity index (χ0v) is 23.5. The highest BCUT2D eigenvalue weighted by Crippen LogP contribution is 2.39. The van der Waals surface area contributed by atoms with Gasteiger partial charge in [0, 0.05) is 10.6 Å². The molecule has 3 aromatic carbocycles. The minimum Gasteiger partial charge on any atom is -0.493 e. The third-order valence-electron chi connectivity index (χ3n) is 5.30. The van der Waals surface area contributed by atoms with Crippen molar-refractivity contribution in [3.05, 3.63) is 91.0 Å². The average Bonchev–Trinajstić information content (AvgIpc) is 3.13. The van der Waals surface area contributed by atoms with Gasteiger partial charge in [-0.2, -0.15) is 0 Å². The van der Waals surface area contributed by atoms with Crippen molar-refractivity contribution in [2.75, 3.05) is 19.0 Å². The van der Waals surface area contributed by atoms with Crippen LogP contribution in [0.25, 0.3) is 6.08 Å². The van der Waals surface area contributed by atoms with Gasteiger partial charge in [-0.15, -0.1) is 0 Å². The summed E-state index contributed by atoms with van der Waals surface area (Å²) < 4.78 is 25.7. The number of rotatable bonds is 8. The Labute approximate surface area is 240 Å². The van der Waals surface area contributed by atoms with Crippen molar-refractivity contribution in [3.8, 4) is 11.5 Å². The second-order valence-electron chi connectivity index (χ2n) is 7.82. The Bertz CT molecular complexity index is 1450. The number of nitrogens with zero attached hydrogens (tertiary/aromatic N) is 1. The van der Waals surface area contributed by atoms with Crippen molar-refractivity contribution in [1.29, 1.82) is 0 Å². The fraction of sp³-hybridized carbons (Fsp3) is 0.115. The number of anilines is 1. The summed E-state index contributed by atoms with van der Waals surface area (Å²) in [4.78, 5) is 38.9. The molecule has 1 fully saturated rings. The van der Waals surface area contributed by atoms with E-state index < -0.39 is 22.9 Å². The first-order valence-corrected chi connectivity index (χ1v) is 13.3. The number of methoxy groups -OCH3 is 1. The molecule has 3 aromatic rings. The number of halogens is 4. The quantitative estimate of drug-likeness (QED) is 0.263. The van der Waals surface area contributed by atoms with Crippen LogP contribution in [0.5, 0.6) is 11.5 Å². The summed E-state index contributed by atoms with van der Waals surface area (Å²) in [6, 6.07) is 14.2. The second kappa shape index (κ2) is 12.2. The van der Waals surface area contributed by atoms with Crippen molar-refractivity contribution in [2.45, 2.75) is 6.54 Å². The molecule has 12 heteroatoms. The van der Waals surface area contributed by atoms with E-state index in [0.717, 1.165) is 16.7 Å². The third kappa shape index (κ3) is 6.32. The molecule has 0 unspecified atom stereocenters. The lowest BCUT2D eigenvalue weighted by atomic mass is 10.1. The number of hydrogen-bond acceptors (Lipinski definition) is 6. The number of carbonyl (C=O) groups is 3. The van der Waals surface area contributed by atoms with Crippen LogP contribution in [0.1, 0.15) is 11.1 Å². The summed E-state index contributed by atoms with van der Waals surface area (Å²) >= 11 is 16.3. The third-order valence-corrected chi connectivity index (χ3v) is 7.48. The van der Waals surface area contributed by atoms with Crippen LogP contribution in [0.3, 0.4) is 0 Å². The molecule has 1 N–H and O–H groups in total. The summed E-state index contributed by atoms with van der Waals surface area (Å²) in [5, 5.41) is 2.64. The molecule has 1 aliphatic heterocycles. The standard InChI is InChI=1S/C26H18BrCl2FN2O5S/c1-36-21-10-14(9-16(27)24(21)37-13-23(33)31-20-8-3-2-5-18(20)29)11-22-25(34)32(26(35)38-22)12-15-17(28)6-4-7-19(15)30/h2-11H,12-13H2,1H3,(H,31,33)/b22-11-. The molecular formula is C26H18BrCl2FN2O5S. The Hall–Kier alpha value is -3.05. The highest BCUT2D eigenvalue weighted by molar-refractivity contribution is 9.10. The van der Waals surface area contributed by atoms with Crippen LogP contribution in [0.15, 0.2) is 64.0 Å². The highest BCUT2D eigenvalue weighted by atomic mass is 79.9. The van der Waals surface area contributed by atoms with Gasteiger partial charge in [0.25, 0.3) is 17.1 Å². The largest absolute Gasteiger partial charge is 0.493 e. The zero-order chi connectivity index (χ0) is 27.4. The molecule has 1 saturated heterocycles. The predicted octanol–water partition coefficient (Wildman–Crippen LogP) is 7.16. The van der Waals surface area contributed by atoms with E-state index in [9.17, 15) is 18.8 Å². The molecule has 0 aromatic heterocycles. The average molecular weight is 640 g/mol. The number of imide groups is 1. The molecule has 0 radical (unpaired) electrons. The lowest BCUT2D eigenvalue weighted by Crippen LogP contribution is -2.28. The highest BCUT2D eigenvalue weighted by Gasteiger charge is 2.36. The molecule has 1 aliphatic rings. The summed E-state index contributed by atoms with van der Waals surface area (Å²) in [6.45, 7) is -0.611. The van der Waals surface area contributed by atoms with Crippen molar-refractivity contribution >= 4 is 79.7 Å². The predicted molar refractivity (Wildman–Crippen MR) is 149 cm³/mol. The number of para-hydroxylation sites is 1. The first kappa shape index (κ1) is 28.0. The molecule has 0 saturated carbocycles. The molecule has 38 heavy (non-hydrogen) atoms. The van der Waals surface area contributed by atoms with Gasteiger partial charge in [-0.3, -0.25) is 19.3 Å². The summed E-state index contributed by atoms with van der Waals surface area (Å²) in [5.41, 5.74) is 1.04. The number of benzene rings is 3. The van der Waals surface area contributed by atoms with Crippen LogP contribution in [0.4, 0.5) is 14.9 Å². The monoisotopic (exact) mass is 638 g/mol. The lowest BCUT2D eigenvalue weighted by Gasteiger charge is -2.14. The Morgan fingerprint density at radius 2 is 1.87 bits per heavy atom. The maximum Gasteiger partial charge on any atom is 0.293 e. The van der Waals surface area contributed by atoms with Gasteiger partial charge < -0.3 is 14.8 Å². The molecule has 0 bridgehead atoms. The van der Waals surface area contributed by atoms with Gasteiger partial charge >= 0.3 is 0 Å². The van der Waals surface area contributed by atoms with Crippen LogP contribution in [-0.4, -0.2) is 35.7 Å². The summed E-state index contributed by atoms with van der Waals surface area (Å²) in [5.74, 6) is -1.06. The van der Waals surface area contributed by atoms with E-state index >= 15 is 0 Å². The molecular weight excluding hydrogens is 622 g/mol. The number of hydrogen-bond donors (Lipinski definition) is 1. The van der Waals surface area contributed by atoms with E-state index in [1.807, 2.05) is 0 Å². The van der Waals surface area contributed by atoms with E-state index in [2.05, 4.69) is 21.2 Å². The van der Waals surface area contributed by atoms with Gasteiger partial charge in [-0.25, -0.2) is 4.39 Å². The summed E-state index contributed by atoms with van der Waals surface area (Å²) in [7, 11) is 1.42. The smallest absolute Gasteiger partial charge is 0.293 e. The van der Waals surface area contributed by atoms with Crippen molar-refractivity contribution in [2.24, 2.45) is 0 Å². The van der Waals surface area contributed by atoms with E-state index in [0.29, 0.717) is 20.7 Å². The van der Waals surface area contributed by atoms with Gasteiger partial charge in [-0.1, -0.05) is 41.4 Å². The fourth-order valence-electron chi connectivity index (χ4n) is 3.48. The van der Waals surface area contributed by atoms with Gasteiger partial charge in [0.2, 0.25) is 0 Å². The zero-order valence-electron chi connectivity index (χ0n) is 19.6. The first-order valence-electron chi connectivity index (χ1n) is 10.9. The lowest BCUT2D eigenvalue weighted by molar-refractivity contribution is -0.123. The minimum atomic E-state index is -0.606. The molecule has 196 valence electrons. The normalized spacial score (nSPS) is 14.2. The molecule has 4 rings (SSSR count). The van der Waals surface area contributed by atoms with E-state index in [1.165, 1.54) is 31.4 Å². The first-order chi connectivity index (χ1) is 18.2. The van der Waals surface area contributed by atoms with E-state index in [4.69, 9.17) is 32.7 Å². The maximum absolute atomic E-state index is 14.2. The Morgan fingerprint density at radius 1 is 1.13 bits per heavy atom. The number of thioether (sulfide) groups is 1. The van der Waals surface area contributed by atoms with E-state index in [-0.39, 0.29) is 40.1 Å². The topological polar surface area (TPSA) is 84.9 Å². The molecule has 1 heterocycles.